The van der Waals surface area contributed by atoms with E-state index in [9.17, 15) is 9.59 Å². The second-order valence-electron chi connectivity index (χ2n) is 7.78. The van der Waals surface area contributed by atoms with E-state index in [1.165, 1.54) is 12.0 Å². The number of carbonyl (C=O) groups is 2. The first kappa shape index (κ1) is 20.4. The molecule has 0 aromatic heterocycles. The lowest BCUT2D eigenvalue weighted by Gasteiger charge is -2.35. The molecule has 0 bridgehead atoms. The lowest BCUT2D eigenvalue weighted by Crippen LogP contribution is -3.11. The van der Waals surface area contributed by atoms with Crippen LogP contribution >= 0.6 is 0 Å². The van der Waals surface area contributed by atoms with E-state index in [4.69, 9.17) is 0 Å². The van der Waals surface area contributed by atoms with Crippen LogP contribution in [0.3, 0.4) is 0 Å². The van der Waals surface area contributed by atoms with E-state index in [2.05, 4.69) is 31.3 Å². The molecule has 1 aliphatic rings. The molecule has 2 amide bonds. The lowest BCUT2D eigenvalue weighted by atomic mass is 10.00. The Kier molecular flexibility index (Phi) is 7.21. The van der Waals surface area contributed by atoms with Gasteiger partial charge in [-0.05, 0) is 57.6 Å². The van der Waals surface area contributed by atoms with E-state index >= 15 is 0 Å². The summed E-state index contributed by atoms with van der Waals surface area (Å²) in [6.45, 7) is 9.75. The van der Waals surface area contributed by atoms with E-state index in [1.807, 2.05) is 25.8 Å². The monoisotopic (exact) mass is 360 g/mol. The van der Waals surface area contributed by atoms with Crippen molar-refractivity contribution in [1.82, 2.24) is 4.90 Å². The molecule has 1 aromatic rings. The lowest BCUT2D eigenvalue weighted by molar-refractivity contribution is -0.862. The van der Waals surface area contributed by atoms with E-state index in [0.29, 0.717) is 19.1 Å². The van der Waals surface area contributed by atoms with Crippen molar-refractivity contribution in [2.24, 2.45) is 0 Å². The van der Waals surface area contributed by atoms with Gasteiger partial charge in [-0.15, -0.1) is 0 Å². The van der Waals surface area contributed by atoms with E-state index in [-0.39, 0.29) is 11.8 Å². The van der Waals surface area contributed by atoms with Gasteiger partial charge >= 0.3 is 0 Å². The number of nitrogens with one attached hydrogen (secondary N) is 2. The second-order valence-corrected chi connectivity index (χ2v) is 7.78. The zero-order chi connectivity index (χ0) is 19.3. The fourth-order valence-corrected chi connectivity index (χ4v) is 4.01. The van der Waals surface area contributed by atoms with Crippen molar-refractivity contribution < 1.29 is 14.5 Å². The number of nitrogens with zero attached hydrogens (tertiary/aromatic N) is 1. The Morgan fingerprint density at radius 2 is 1.81 bits per heavy atom. The molecule has 5 heteroatoms. The van der Waals surface area contributed by atoms with Crippen LogP contribution in [0, 0.1) is 20.8 Å². The zero-order valence-corrected chi connectivity index (χ0v) is 16.9. The Morgan fingerprint density at radius 1 is 1.15 bits per heavy atom. The predicted octanol–water partition coefficient (Wildman–Crippen LogP) is 1.86. The summed E-state index contributed by atoms with van der Waals surface area (Å²) in [5.41, 5.74) is 4.23. The molecule has 0 aliphatic carbocycles. The van der Waals surface area contributed by atoms with Crippen molar-refractivity contribution in [2.75, 3.05) is 32.0 Å². The number of hydrogen-bond donors (Lipinski definition) is 2. The topological polar surface area (TPSA) is 53.9 Å². The van der Waals surface area contributed by atoms with Gasteiger partial charge in [-0.1, -0.05) is 24.6 Å². The Morgan fingerprint density at radius 3 is 2.42 bits per heavy atom. The molecule has 0 saturated carbocycles. The van der Waals surface area contributed by atoms with Crippen LogP contribution in [-0.2, 0) is 9.59 Å². The third-order valence-corrected chi connectivity index (χ3v) is 5.28. The minimum atomic E-state index is -0.0453. The van der Waals surface area contributed by atoms with E-state index in [1.54, 1.807) is 0 Å². The van der Waals surface area contributed by atoms with Gasteiger partial charge in [-0.3, -0.25) is 9.59 Å². The Hall–Kier alpha value is -1.88. The molecule has 1 saturated heterocycles. The van der Waals surface area contributed by atoms with Crippen molar-refractivity contribution >= 4 is 17.5 Å². The van der Waals surface area contributed by atoms with Gasteiger partial charge in [-0.2, -0.15) is 0 Å². The third kappa shape index (κ3) is 5.31. The number of hydrogen-bond acceptors (Lipinski definition) is 2. The van der Waals surface area contributed by atoms with Crippen LogP contribution in [-0.4, -0.2) is 49.4 Å². The zero-order valence-electron chi connectivity index (χ0n) is 16.9. The molecule has 0 radical (unpaired) electrons. The van der Waals surface area contributed by atoms with Crippen LogP contribution in [0.1, 0.15) is 49.3 Å². The average molecular weight is 361 g/mol. The minimum absolute atomic E-state index is 0.0453. The van der Waals surface area contributed by atoms with Gasteiger partial charge in [0.1, 0.15) is 0 Å². The van der Waals surface area contributed by atoms with Crippen molar-refractivity contribution in [3.63, 3.8) is 0 Å². The minimum Gasteiger partial charge on any atom is -0.335 e. The van der Waals surface area contributed by atoms with Crippen molar-refractivity contribution in [3.05, 3.63) is 28.8 Å². The van der Waals surface area contributed by atoms with Crippen LogP contribution in [0.2, 0.25) is 0 Å². The van der Waals surface area contributed by atoms with Crippen LogP contribution in [0.5, 0.6) is 0 Å². The SMILES string of the molecule is CC[C@@H]1CCCCN1C(=O)C[NH+](C)CC(=O)Nc1c(C)cc(C)cc1C. The predicted molar refractivity (Wildman–Crippen MR) is 106 cm³/mol. The van der Waals surface area contributed by atoms with Crippen molar-refractivity contribution in [3.8, 4) is 0 Å². The number of aryl methyl sites for hydroxylation is 3. The normalized spacial score (nSPS) is 18.5. The van der Waals surface area contributed by atoms with Gasteiger partial charge in [0.2, 0.25) is 0 Å². The molecule has 0 spiro atoms. The van der Waals surface area contributed by atoms with Crippen LogP contribution in [0.4, 0.5) is 5.69 Å². The quantitative estimate of drug-likeness (QED) is 0.814. The Labute approximate surface area is 157 Å². The maximum atomic E-state index is 12.6. The Balaban J connectivity index is 1.90. The highest BCUT2D eigenvalue weighted by molar-refractivity contribution is 5.93. The number of quaternary nitrogens is 1. The van der Waals surface area contributed by atoms with Gasteiger partial charge < -0.3 is 15.1 Å². The summed E-state index contributed by atoms with van der Waals surface area (Å²) in [7, 11) is 1.91. The van der Waals surface area contributed by atoms with Crippen LogP contribution in [0.25, 0.3) is 0 Å². The molecule has 1 heterocycles. The van der Waals surface area contributed by atoms with Gasteiger partial charge in [0.25, 0.3) is 11.8 Å². The fourth-order valence-electron chi connectivity index (χ4n) is 4.01. The molecule has 144 valence electrons. The van der Waals surface area contributed by atoms with Crippen LogP contribution in [0.15, 0.2) is 12.1 Å². The maximum absolute atomic E-state index is 12.6. The second kappa shape index (κ2) is 9.17. The largest absolute Gasteiger partial charge is 0.335 e. The number of amides is 2. The highest BCUT2D eigenvalue weighted by atomic mass is 16.2. The molecule has 2 N–H and O–H groups in total. The summed E-state index contributed by atoms with van der Waals surface area (Å²) < 4.78 is 0. The number of likely N-dealkylation sites (tertiary alicyclic amines) is 1. The molecule has 2 rings (SSSR count). The summed E-state index contributed by atoms with van der Waals surface area (Å²) in [6.07, 6.45) is 4.42. The molecular weight excluding hydrogens is 326 g/mol. The average Bonchev–Trinajstić information content (AvgIpc) is 2.57. The fraction of sp³-hybridized carbons (Fsp3) is 0.619. The van der Waals surface area contributed by atoms with Gasteiger partial charge in [0.15, 0.2) is 13.1 Å². The smallest absolute Gasteiger partial charge is 0.279 e. The number of carbonyl (C=O) groups excluding carboxylic acids is 2. The van der Waals surface area contributed by atoms with Gasteiger partial charge in [-0.25, -0.2) is 0 Å². The molecule has 2 atom stereocenters. The van der Waals surface area contributed by atoms with Gasteiger partial charge in [0, 0.05) is 18.3 Å². The number of benzene rings is 1. The number of anilines is 1. The third-order valence-electron chi connectivity index (χ3n) is 5.28. The molecule has 1 aromatic carbocycles. The standard InChI is InChI=1S/C21H33N3O2/c1-6-18-9-7-8-10-24(18)20(26)14-23(5)13-19(25)22-21-16(3)11-15(2)12-17(21)4/h11-12,18H,6-10,13-14H2,1-5H3,(H,22,25)/p+1/t18-/m1/s1. The number of rotatable bonds is 6. The highest BCUT2D eigenvalue weighted by Crippen LogP contribution is 2.21. The van der Waals surface area contributed by atoms with Crippen molar-refractivity contribution in [2.45, 2.75) is 59.4 Å². The summed E-state index contributed by atoms with van der Waals surface area (Å²) in [4.78, 5) is 28.0. The highest BCUT2D eigenvalue weighted by Gasteiger charge is 2.27. The molecule has 26 heavy (non-hydrogen) atoms. The summed E-state index contributed by atoms with van der Waals surface area (Å²) >= 11 is 0. The number of piperidine rings is 1. The van der Waals surface area contributed by atoms with Gasteiger partial charge in [0.05, 0.1) is 7.05 Å². The van der Waals surface area contributed by atoms with Crippen LogP contribution < -0.4 is 10.2 Å². The first-order valence-corrected chi connectivity index (χ1v) is 9.80. The molecule has 5 nitrogen and oxygen atoms in total. The summed E-state index contributed by atoms with van der Waals surface area (Å²) in [6, 6.07) is 4.52. The van der Waals surface area contributed by atoms with E-state index in [0.717, 1.165) is 47.5 Å². The molecular formula is C21H34N3O2+. The maximum Gasteiger partial charge on any atom is 0.279 e. The number of likely N-dealkylation sites (N-methyl/N-ethyl adjacent to an activating group) is 1. The Bertz CT molecular complexity index is 634. The molecule has 1 fully saturated rings. The first-order valence-electron chi connectivity index (χ1n) is 9.80. The summed E-state index contributed by atoms with van der Waals surface area (Å²) in [5, 5.41) is 3.02. The summed E-state index contributed by atoms with van der Waals surface area (Å²) in [5.74, 6) is 0.126. The molecule has 1 unspecified atom stereocenters. The first-order chi connectivity index (χ1) is 12.3. The van der Waals surface area contributed by atoms with Crippen molar-refractivity contribution in [1.29, 1.82) is 0 Å². The van der Waals surface area contributed by atoms with E-state index < -0.39 is 0 Å². The molecule has 1 aliphatic heterocycles.